The number of benzene rings is 3. The van der Waals surface area contributed by atoms with Gasteiger partial charge in [0, 0.05) is 23.6 Å². The molecular weight excluding hydrogens is 336 g/mol. The van der Waals surface area contributed by atoms with E-state index in [0.29, 0.717) is 13.1 Å². The van der Waals surface area contributed by atoms with Gasteiger partial charge in [0.15, 0.2) is 0 Å². The van der Waals surface area contributed by atoms with Crippen LogP contribution in [0.5, 0.6) is 17.2 Å². The Kier molecular flexibility index (Phi) is 6.76. The standard InChI is InChI=1S/C23H22N2O2/c1-26-22-13-7-5-9-19(22)17-24-15-16-25-18-20-10-6-8-14-23(20)27-21-11-3-2-4-12-21/h2-14,17-18H,15-16H2,1H3. The Morgan fingerprint density at radius 2 is 1.19 bits per heavy atom. The van der Waals surface area contributed by atoms with Crippen LogP contribution in [0.3, 0.4) is 0 Å². The first-order valence-electron chi connectivity index (χ1n) is 8.81. The van der Waals surface area contributed by atoms with Crippen LogP contribution >= 0.6 is 0 Å². The molecule has 3 rings (SSSR count). The lowest BCUT2D eigenvalue weighted by atomic mass is 10.2. The van der Waals surface area contributed by atoms with Crippen molar-refractivity contribution in [2.75, 3.05) is 20.2 Å². The molecule has 4 nitrogen and oxygen atoms in total. The summed E-state index contributed by atoms with van der Waals surface area (Å²) in [5, 5.41) is 0. The first-order chi connectivity index (χ1) is 13.4. The number of rotatable bonds is 8. The second kappa shape index (κ2) is 9.92. The summed E-state index contributed by atoms with van der Waals surface area (Å²) in [6, 6.07) is 25.4. The molecule has 0 saturated heterocycles. The van der Waals surface area contributed by atoms with Crippen molar-refractivity contribution in [3.05, 3.63) is 90.0 Å². The van der Waals surface area contributed by atoms with Gasteiger partial charge < -0.3 is 9.47 Å². The number of aliphatic imine (C=N–C) groups is 2. The van der Waals surface area contributed by atoms with Crippen molar-refractivity contribution in [1.29, 1.82) is 0 Å². The molecule has 0 spiro atoms. The number of hydrogen-bond acceptors (Lipinski definition) is 4. The molecule has 27 heavy (non-hydrogen) atoms. The van der Waals surface area contributed by atoms with E-state index < -0.39 is 0 Å². The van der Waals surface area contributed by atoms with Crippen LogP contribution in [0.2, 0.25) is 0 Å². The van der Waals surface area contributed by atoms with Gasteiger partial charge in [0.1, 0.15) is 17.2 Å². The van der Waals surface area contributed by atoms with Gasteiger partial charge >= 0.3 is 0 Å². The molecule has 0 bridgehead atoms. The molecule has 0 aliphatic carbocycles. The topological polar surface area (TPSA) is 43.2 Å². The van der Waals surface area contributed by atoms with Crippen molar-refractivity contribution in [2.45, 2.75) is 0 Å². The number of hydrogen-bond donors (Lipinski definition) is 0. The summed E-state index contributed by atoms with van der Waals surface area (Å²) >= 11 is 0. The van der Waals surface area contributed by atoms with Crippen LogP contribution < -0.4 is 9.47 Å². The maximum Gasteiger partial charge on any atom is 0.136 e. The Morgan fingerprint density at radius 1 is 0.667 bits per heavy atom. The summed E-state index contributed by atoms with van der Waals surface area (Å²) < 4.78 is 11.2. The van der Waals surface area contributed by atoms with E-state index in [1.165, 1.54) is 0 Å². The highest BCUT2D eigenvalue weighted by atomic mass is 16.5. The van der Waals surface area contributed by atoms with E-state index in [0.717, 1.165) is 28.4 Å². The fourth-order valence-electron chi connectivity index (χ4n) is 2.51. The van der Waals surface area contributed by atoms with E-state index >= 15 is 0 Å². The molecule has 0 saturated carbocycles. The minimum absolute atomic E-state index is 0.603. The zero-order valence-electron chi connectivity index (χ0n) is 15.3. The Hall–Kier alpha value is -3.40. The molecule has 0 aliphatic rings. The second-order valence-corrected chi connectivity index (χ2v) is 5.77. The summed E-state index contributed by atoms with van der Waals surface area (Å²) in [4.78, 5) is 8.89. The van der Waals surface area contributed by atoms with E-state index in [9.17, 15) is 0 Å². The van der Waals surface area contributed by atoms with Crippen molar-refractivity contribution in [3.8, 4) is 17.2 Å². The number of nitrogens with zero attached hydrogens (tertiary/aromatic N) is 2. The number of para-hydroxylation sites is 3. The van der Waals surface area contributed by atoms with Gasteiger partial charge in [0.2, 0.25) is 0 Å². The van der Waals surface area contributed by atoms with E-state index in [1.54, 1.807) is 7.11 Å². The van der Waals surface area contributed by atoms with E-state index in [4.69, 9.17) is 9.47 Å². The SMILES string of the molecule is COc1ccccc1C=NCCN=Cc1ccccc1Oc1ccccc1. The average Bonchev–Trinajstić information content (AvgIpc) is 2.72. The quantitative estimate of drug-likeness (QED) is 0.419. The molecule has 4 heteroatoms. The van der Waals surface area contributed by atoms with Crippen LogP contribution in [0.1, 0.15) is 11.1 Å². The van der Waals surface area contributed by atoms with Gasteiger partial charge in [-0.1, -0.05) is 42.5 Å². The largest absolute Gasteiger partial charge is 0.496 e. The van der Waals surface area contributed by atoms with Crippen molar-refractivity contribution in [2.24, 2.45) is 9.98 Å². The van der Waals surface area contributed by atoms with Gasteiger partial charge in [-0.05, 0) is 36.4 Å². The first-order valence-corrected chi connectivity index (χ1v) is 8.81. The van der Waals surface area contributed by atoms with Crippen molar-refractivity contribution >= 4 is 12.4 Å². The Morgan fingerprint density at radius 3 is 1.81 bits per heavy atom. The predicted octanol–water partition coefficient (Wildman–Crippen LogP) is 5.03. The molecule has 0 unspecified atom stereocenters. The molecule has 0 aliphatic heterocycles. The molecule has 0 fully saturated rings. The monoisotopic (exact) mass is 358 g/mol. The van der Waals surface area contributed by atoms with E-state index in [-0.39, 0.29) is 0 Å². The van der Waals surface area contributed by atoms with Crippen LogP contribution in [0, 0.1) is 0 Å². The minimum atomic E-state index is 0.603. The lowest BCUT2D eigenvalue weighted by molar-refractivity contribution is 0.414. The predicted molar refractivity (Wildman–Crippen MR) is 111 cm³/mol. The fraction of sp³-hybridized carbons (Fsp3) is 0.130. The van der Waals surface area contributed by atoms with Crippen LogP contribution in [0.25, 0.3) is 0 Å². The molecule has 3 aromatic carbocycles. The highest BCUT2D eigenvalue weighted by Crippen LogP contribution is 2.23. The van der Waals surface area contributed by atoms with Gasteiger partial charge in [0.25, 0.3) is 0 Å². The van der Waals surface area contributed by atoms with Crippen molar-refractivity contribution < 1.29 is 9.47 Å². The highest BCUT2D eigenvalue weighted by Gasteiger charge is 2.01. The highest BCUT2D eigenvalue weighted by molar-refractivity contribution is 5.84. The van der Waals surface area contributed by atoms with Crippen LogP contribution in [-0.2, 0) is 0 Å². The zero-order chi connectivity index (χ0) is 18.7. The maximum atomic E-state index is 5.94. The minimum Gasteiger partial charge on any atom is -0.496 e. The lowest BCUT2D eigenvalue weighted by Crippen LogP contribution is -1.94. The molecule has 136 valence electrons. The van der Waals surface area contributed by atoms with Crippen molar-refractivity contribution in [3.63, 3.8) is 0 Å². The van der Waals surface area contributed by atoms with Crippen LogP contribution in [0.15, 0.2) is 88.8 Å². The van der Waals surface area contributed by atoms with E-state index in [1.807, 2.05) is 91.3 Å². The summed E-state index contributed by atoms with van der Waals surface area (Å²) in [6.07, 6.45) is 3.65. The molecule has 0 N–H and O–H groups in total. The van der Waals surface area contributed by atoms with Gasteiger partial charge in [-0.15, -0.1) is 0 Å². The van der Waals surface area contributed by atoms with Crippen LogP contribution in [-0.4, -0.2) is 32.6 Å². The summed E-state index contributed by atoms with van der Waals surface area (Å²) in [5.41, 5.74) is 1.90. The molecule has 0 aromatic heterocycles. The Balaban J connectivity index is 1.56. The summed E-state index contributed by atoms with van der Waals surface area (Å²) in [6.45, 7) is 1.21. The summed E-state index contributed by atoms with van der Waals surface area (Å²) in [7, 11) is 1.66. The van der Waals surface area contributed by atoms with Gasteiger partial charge in [0.05, 0.1) is 20.2 Å². The third kappa shape index (κ3) is 5.54. The maximum absolute atomic E-state index is 5.94. The third-order valence-corrected chi connectivity index (χ3v) is 3.85. The van der Waals surface area contributed by atoms with Gasteiger partial charge in [-0.3, -0.25) is 9.98 Å². The molecule has 0 radical (unpaired) electrons. The lowest BCUT2D eigenvalue weighted by Gasteiger charge is -2.08. The number of methoxy groups -OCH3 is 1. The third-order valence-electron chi connectivity index (χ3n) is 3.85. The Labute approximate surface area is 159 Å². The molecule has 3 aromatic rings. The zero-order valence-corrected chi connectivity index (χ0v) is 15.3. The smallest absolute Gasteiger partial charge is 0.136 e. The van der Waals surface area contributed by atoms with Crippen molar-refractivity contribution in [1.82, 2.24) is 0 Å². The molecule has 0 heterocycles. The number of ether oxygens (including phenoxy) is 2. The molecule has 0 atom stereocenters. The average molecular weight is 358 g/mol. The van der Waals surface area contributed by atoms with Crippen LogP contribution in [0.4, 0.5) is 0 Å². The van der Waals surface area contributed by atoms with Gasteiger partial charge in [-0.2, -0.15) is 0 Å². The molecule has 0 amide bonds. The molecular formula is C23H22N2O2. The normalized spacial score (nSPS) is 11.1. The van der Waals surface area contributed by atoms with Gasteiger partial charge in [-0.25, -0.2) is 0 Å². The Bertz CT molecular complexity index is 905. The second-order valence-electron chi connectivity index (χ2n) is 5.77. The fourth-order valence-corrected chi connectivity index (χ4v) is 2.51. The first kappa shape index (κ1) is 18.4. The summed E-state index contributed by atoms with van der Waals surface area (Å²) in [5.74, 6) is 2.40. The van der Waals surface area contributed by atoms with E-state index in [2.05, 4.69) is 9.98 Å².